The van der Waals surface area contributed by atoms with Crippen molar-refractivity contribution in [2.24, 2.45) is 0 Å². The lowest BCUT2D eigenvalue weighted by Gasteiger charge is -2.31. The Bertz CT molecular complexity index is 2560. The van der Waals surface area contributed by atoms with E-state index in [-0.39, 0.29) is 0 Å². The van der Waals surface area contributed by atoms with E-state index in [1.165, 1.54) is 16.3 Å². The smallest absolute Gasteiger partial charge is 0.137 e. The van der Waals surface area contributed by atoms with Crippen LogP contribution < -0.4 is 4.90 Å². The fraction of sp³-hybridized carbons (Fsp3) is 0. The quantitative estimate of drug-likeness (QED) is 0.185. The SMILES string of the molecule is c1ccc(-c2ccccc2N(c2cc(-c3ccc4ccccc4c3)ccc2-c2ccccc2)c2cccc3oc4ccccc4c23)cc1. The second kappa shape index (κ2) is 11.8. The molecule has 0 saturated heterocycles. The van der Waals surface area contributed by atoms with E-state index in [0.717, 1.165) is 66.8 Å². The van der Waals surface area contributed by atoms with E-state index in [0.29, 0.717) is 0 Å². The Labute approximate surface area is 279 Å². The minimum Gasteiger partial charge on any atom is -0.456 e. The summed E-state index contributed by atoms with van der Waals surface area (Å²) in [7, 11) is 0. The third-order valence-corrected chi connectivity index (χ3v) is 9.26. The number of fused-ring (bicyclic) bond motifs is 4. The Morgan fingerprint density at radius 3 is 1.73 bits per heavy atom. The number of para-hydroxylation sites is 2. The Morgan fingerprint density at radius 1 is 0.333 bits per heavy atom. The molecule has 9 rings (SSSR count). The first-order chi connectivity index (χ1) is 23.8. The lowest BCUT2D eigenvalue weighted by atomic mass is 9.94. The lowest BCUT2D eigenvalue weighted by molar-refractivity contribution is 0.669. The second-order valence-corrected chi connectivity index (χ2v) is 12.1. The summed E-state index contributed by atoms with van der Waals surface area (Å²) in [6.45, 7) is 0. The average molecular weight is 614 g/mol. The highest BCUT2D eigenvalue weighted by Gasteiger charge is 2.24. The summed E-state index contributed by atoms with van der Waals surface area (Å²) in [4.78, 5) is 2.44. The first kappa shape index (κ1) is 27.9. The highest BCUT2D eigenvalue weighted by atomic mass is 16.3. The van der Waals surface area contributed by atoms with E-state index in [4.69, 9.17) is 4.42 Å². The molecule has 0 aliphatic carbocycles. The molecule has 0 spiro atoms. The Morgan fingerprint density at radius 2 is 0.917 bits per heavy atom. The van der Waals surface area contributed by atoms with Crippen LogP contribution in [0.3, 0.4) is 0 Å². The van der Waals surface area contributed by atoms with Crippen molar-refractivity contribution < 1.29 is 4.42 Å². The zero-order chi connectivity index (χ0) is 31.9. The molecular formula is C46H31NO. The molecule has 0 atom stereocenters. The van der Waals surface area contributed by atoms with Crippen LogP contribution in [0.2, 0.25) is 0 Å². The van der Waals surface area contributed by atoms with Crippen LogP contribution in [0.4, 0.5) is 17.1 Å². The molecule has 1 heterocycles. The molecule has 0 aliphatic rings. The van der Waals surface area contributed by atoms with Crippen LogP contribution in [0.1, 0.15) is 0 Å². The normalized spacial score (nSPS) is 11.3. The molecule has 8 aromatic carbocycles. The average Bonchev–Trinajstić information content (AvgIpc) is 3.55. The van der Waals surface area contributed by atoms with Crippen LogP contribution in [0.15, 0.2) is 192 Å². The van der Waals surface area contributed by atoms with Crippen LogP contribution in [-0.4, -0.2) is 0 Å². The summed E-state index contributed by atoms with van der Waals surface area (Å²) in [5.41, 5.74) is 11.9. The van der Waals surface area contributed by atoms with E-state index in [1.54, 1.807) is 0 Å². The van der Waals surface area contributed by atoms with Crippen molar-refractivity contribution in [3.8, 4) is 33.4 Å². The molecule has 2 nitrogen and oxygen atoms in total. The predicted octanol–water partition coefficient (Wildman–Crippen LogP) is 13.2. The zero-order valence-electron chi connectivity index (χ0n) is 26.3. The van der Waals surface area contributed by atoms with Crippen LogP contribution in [-0.2, 0) is 0 Å². The van der Waals surface area contributed by atoms with Gasteiger partial charge < -0.3 is 9.32 Å². The molecule has 48 heavy (non-hydrogen) atoms. The maximum atomic E-state index is 6.45. The van der Waals surface area contributed by atoms with Gasteiger partial charge in [-0.25, -0.2) is 0 Å². The minimum atomic E-state index is 0.864. The van der Waals surface area contributed by atoms with Gasteiger partial charge in [-0.3, -0.25) is 0 Å². The predicted molar refractivity (Wildman–Crippen MR) is 202 cm³/mol. The third kappa shape index (κ3) is 4.83. The van der Waals surface area contributed by atoms with E-state index >= 15 is 0 Å². The lowest BCUT2D eigenvalue weighted by Crippen LogP contribution is -2.13. The van der Waals surface area contributed by atoms with Gasteiger partial charge in [-0.05, 0) is 69.4 Å². The Balaban J connectivity index is 1.38. The largest absolute Gasteiger partial charge is 0.456 e. The molecule has 1 aromatic heterocycles. The van der Waals surface area contributed by atoms with Crippen molar-refractivity contribution in [2.75, 3.05) is 4.90 Å². The zero-order valence-corrected chi connectivity index (χ0v) is 26.3. The summed E-state index contributed by atoms with van der Waals surface area (Å²) in [6.07, 6.45) is 0. The summed E-state index contributed by atoms with van der Waals surface area (Å²) in [6, 6.07) is 67.0. The van der Waals surface area contributed by atoms with Gasteiger partial charge in [0.25, 0.3) is 0 Å². The summed E-state index contributed by atoms with van der Waals surface area (Å²) >= 11 is 0. The Hall–Kier alpha value is -6.38. The van der Waals surface area contributed by atoms with Crippen molar-refractivity contribution >= 4 is 49.8 Å². The van der Waals surface area contributed by atoms with Gasteiger partial charge in [0, 0.05) is 16.5 Å². The van der Waals surface area contributed by atoms with Gasteiger partial charge in [0.15, 0.2) is 0 Å². The number of hydrogen-bond donors (Lipinski definition) is 0. The molecule has 0 amide bonds. The van der Waals surface area contributed by atoms with E-state index in [1.807, 2.05) is 6.07 Å². The number of furan rings is 1. The monoisotopic (exact) mass is 613 g/mol. The van der Waals surface area contributed by atoms with Gasteiger partial charge in [-0.15, -0.1) is 0 Å². The summed E-state index contributed by atoms with van der Waals surface area (Å²) in [5, 5.41) is 4.65. The number of nitrogens with zero attached hydrogens (tertiary/aromatic N) is 1. The highest BCUT2D eigenvalue weighted by molar-refractivity contribution is 6.14. The number of rotatable bonds is 6. The van der Waals surface area contributed by atoms with E-state index in [9.17, 15) is 0 Å². The van der Waals surface area contributed by atoms with E-state index in [2.05, 4.69) is 187 Å². The Kier molecular flexibility index (Phi) is 6.84. The molecular weight excluding hydrogens is 583 g/mol. The molecule has 0 fully saturated rings. The van der Waals surface area contributed by atoms with Gasteiger partial charge in [0.05, 0.1) is 22.4 Å². The van der Waals surface area contributed by atoms with E-state index < -0.39 is 0 Å². The number of anilines is 3. The van der Waals surface area contributed by atoms with Crippen LogP contribution >= 0.6 is 0 Å². The van der Waals surface area contributed by atoms with Crippen molar-refractivity contribution in [1.82, 2.24) is 0 Å². The summed E-state index contributed by atoms with van der Waals surface area (Å²) in [5.74, 6) is 0. The standard InChI is InChI=1S/C46H31NO/c1-3-15-33(16-4-1)38-20-9-11-22-41(38)47(42-23-13-25-45-46(42)40-21-10-12-24-44(40)48-45)43-31-37(28-29-39(43)34-17-5-2-6-18-34)36-27-26-32-14-7-8-19-35(32)30-36/h1-31H. The van der Waals surface area contributed by atoms with Gasteiger partial charge in [-0.2, -0.15) is 0 Å². The topological polar surface area (TPSA) is 16.4 Å². The highest BCUT2D eigenvalue weighted by Crippen LogP contribution is 2.49. The van der Waals surface area contributed by atoms with Gasteiger partial charge in [0.2, 0.25) is 0 Å². The summed E-state index contributed by atoms with van der Waals surface area (Å²) < 4.78 is 6.45. The maximum absolute atomic E-state index is 6.45. The van der Waals surface area contributed by atoms with Crippen LogP contribution in [0.25, 0.3) is 66.1 Å². The van der Waals surface area contributed by atoms with Crippen molar-refractivity contribution in [3.63, 3.8) is 0 Å². The molecule has 0 radical (unpaired) electrons. The van der Waals surface area contributed by atoms with Crippen molar-refractivity contribution in [2.45, 2.75) is 0 Å². The molecule has 0 N–H and O–H groups in total. The van der Waals surface area contributed by atoms with Crippen molar-refractivity contribution in [1.29, 1.82) is 0 Å². The van der Waals surface area contributed by atoms with Gasteiger partial charge in [0.1, 0.15) is 11.2 Å². The second-order valence-electron chi connectivity index (χ2n) is 12.1. The molecule has 2 heteroatoms. The molecule has 0 bridgehead atoms. The first-order valence-corrected chi connectivity index (χ1v) is 16.4. The molecule has 0 aliphatic heterocycles. The third-order valence-electron chi connectivity index (χ3n) is 9.26. The molecule has 9 aromatic rings. The first-order valence-electron chi connectivity index (χ1n) is 16.4. The molecule has 0 unspecified atom stereocenters. The van der Waals surface area contributed by atoms with Crippen LogP contribution in [0, 0.1) is 0 Å². The minimum absolute atomic E-state index is 0.864. The molecule has 226 valence electrons. The van der Waals surface area contributed by atoms with Crippen LogP contribution in [0.5, 0.6) is 0 Å². The number of benzene rings is 8. The van der Waals surface area contributed by atoms with Crippen molar-refractivity contribution in [3.05, 3.63) is 188 Å². The maximum Gasteiger partial charge on any atom is 0.137 e. The van der Waals surface area contributed by atoms with Gasteiger partial charge in [-0.1, -0.05) is 152 Å². The number of hydrogen-bond acceptors (Lipinski definition) is 2. The molecule has 0 saturated carbocycles. The fourth-order valence-corrected chi connectivity index (χ4v) is 6.99. The fourth-order valence-electron chi connectivity index (χ4n) is 6.99. The van der Waals surface area contributed by atoms with Gasteiger partial charge >= 0.3 is 0 Å².